The number of unbranched alkanes of at least 4 members (excludes halogenated alkanes) is 1. The molecule has 2 heterocycles. The van der Waals surface area contributed by atoms with Crippen molar-refractivity contribution in [1.82, 2.24) is 25.5 Å². The maximum absolute atomic E-state index is 12.3. The zero-order valence-electron chi connectivity index (χ0n) is 26.3. The van der Waals surface area contributed by atoms with Crippen molar-refractivity contribution >= 4 is 13.1 Å². The first kappa shape index (κ1) is 31.6. The molecule has 1 fully saturated rings. The third-order valence-corrected chi connectivity index (χ3v) is 8.87. The number of carbonyl (C=O) groups excluding carboxylic acids is 1. The second-order valence-electron chi connectivity index (χ2n) is 12.3. The molecule has 0 spiro atoms. The fourth-order valence-electron chi connectivity index (χ4n) is 5.84. The Morgan fingerprint density at radius 2 is 1.36 bits per heavy atom. The van der Waals surface area contributed by atoms with Crippen molar-refractivity contribution in [2.75, 3.05) is 7.11 Å². The Hall–Kier alpha value is -3.86. The zero-order chi connectivity index (χ0) is 31.2. The molecular weight excluding hydrogens is 553 g/mol. The molecule has 0 radical (unpaired) electrons. The number of nitrogens with one attached hydrogen (secondary N) is 1. The van der Waals surface area contributed by atoms with E-state index in [1.807, 2.05) is 18.2 Å². The van der Waals surface area contributed by atoms with E-state index in [4.69, 9.17) is 14.0 Å². The molecule has 4 aromatic rings. The highest BCUT2D eigenvalue weighted by Gasteiger charge is 2.50. The summed E-state index contributed by atoms with van der Waals surface area (Å²) in [7, 11) is 1.11. The molecule has 0 aliphatic carbocycles. The molecule has 1 aliphatic rings. The van der Waals surface area contributed by atoms with Gasteiger partial charge in [0, 0.05) is 0 Å². The van der Waals surface area contributed by atoms with Crippen LogP contribution in [0.1, 0.15) is 75.5 Å². The Morgan fingerprint density at radius 3 is 1.84 bits per heavy atom. The fraction of sp³-hybridized carbons (Fsp3) is 0.412. The maximum Gasteiger partial charge on any atom is 0.457 e. The van der Waals surface area contributed by atoms with Crippen molar-refractivity contribution in [3.63, 3.8) is 0 Å². The lowest BCUT2D eigenvalue weighted by molar-refractivity contribution is -0.141. The van der Waals surface area contributed by atoms with Gasteiger partial charge in [-0.15, -0.1) is 5.10 Å². The lowest BCUT2D eigenvalue weighted by Gasteiger charge is -2.40. The van der Waals surface area contributed by atoms with E-state index in [1.165, 1.54) is 11.8 Å². The summed E-state index contributed by atoms with van der Waals surface area (Å²) in [6, 6.07) is 30.9. The minimum absolute atomic E-state index is 0.0834. The average Bonchev–Trinajstić information content (AvgIpc) is 3.57. The number of rotatable bonds is 13. The number of ether oxygens (including phenoxy) is 1. The van der Waals surface area contributed by atoms with Crippen LogP contribution >= 0.6 is 0 Å². The summed E-state index contributed by atoms with van der Waals surface area (Å²) in [6.07, 6.45) is 3.20. The lowest BCUT2D eigenvalue weighted by atomic mass is 9.76. The summed E-state index contributed by atoms with van der Waals surface area (Å²) in [5.41, 5.74) is 1.75. The minimum Gasteiger partial charge on any atom is -0.468 e. The number of esters is 1. The Labute approximate surface area is 260 Å². The molecule has 1 saturated heterocycles. The smallest absolute Gasteiger partial charge is 0.457 e. The first-order chi connectivity index (χ1) is 21.2. The number of nitrogens with zero attached hydrogens (tertiary/aromatic N) is 4. The second-order valence-corrected chi connectivity index (χ2v) is 12.3. The van der Waals surface area contributed by atoms with E-state index in [9.17, 15) is 4.79 Å². The summed E-state index contributed by atoms with van der Waals surface area (Å²) < 4.78 is 19.0. The highest BCUT2D eigenvalue weighted by atomic mass is 16.7. The monoisotopic (exact) mass is 595 g/mol. The molecule has 5 rings (SSSR count). The standard InChI is InChI=1S/C34H42BN5O4/c1-32(2)33(3,4)44-35(43-32)24-16-15-23-29(31-37-38-39-40(31)25-30(41)42-5)36-34(26-17-9-6-10-18-26,27-19-11-7-12-20-27)28-21-13-8-14-22-28/h6-14,17-22,29,36H,15-16,23-25H2,1-5H3. The van der Waals surface area contributed by atoms with Crippen molar-refractivity contribution < 1.29 is 18.8 Å². The van der Waals surface area contributed by atoms with Crippen LogP contribution in [0.3, 0.4) is 0 Å². The molecule has 1 atom stereocenters. The molecular formula is C34H42BN5O4. The molecule has 1 unspecified atom stereocenters. The summed E-state index contributed by atoms with van der Waals surface area (Å²) in [5.74, 6) is 0.150. The quantitative estimate of drug-likeness (QED) is 0.0906. The fourth-order valence-corrected chi connectivity index (χ4v) is 5.84. The van der Waals surface area contributed by atoms with Gasteiger partial charge in [0.15, 0.2) is 5.82 Å². The second kappa shape index (κ2) is 13.4. The average molecular weight is 596 g/mol. The van der Waals surface area contributed by atoms with Gasteiger partial charge >= 0.3 is 13.1 Å². The van der Waals surface area contributed by atoms with Crippen LogP contribution in [0, 0.1) is 0 Å². The van der Waals surface area contributed by atoms with E-state index < -0.39 is 11.5 Å². The highest BCUT2D eigenvalue weighted by Crippen LogP contribution is 2.41. The van der Waals surface area contributed by atoms with E-state index in [0.29, 0.717) is 12.2 Å². The first-order valence-corrected chi connectivity index (χ1v) is 15.3. The van der Waals surface area contributed by atoms with Gasteiger partial charge in [-0.05, 0) is 67.6 Å². The Balaban J connectivity index is 1.51. The summed E-state index contributed by atoms with van der Waals surface area (Å²) >= 11 is 0. The summed E-state index contributed by atoms with van der Waals surface area (Å²) in [6.45, 7) is 8.21. The van der Waals surface area contributed by atoms with Crippen LogP contribution in [0.2, 0.25) is 6.32 Å². The third kappa shape index (κ3) is 6.62. The Morgan fingerprint density at radius 1 is 0.864 bits per heavy atom. The number of carbonyl (C=O) groups is 1. The van der Waals surface area contributed by atoms with E-state index in [0.717, 1.165) is 35.9 Å². The van der Waals surface area contributed by atoms with Gasteiger partial charge in [-0.1, -0.05) is 104 Å². The van der Waals surface area contributed by atoms with E-state index in [-0.39, 0.29) is 30.9 Å². The predicted octanol–water partition coefficient (Wildman–Crippen LogP) is 5.73. The molecule has 9 nitrogen and oxygen atoms in total. The lowest BCUT2D eigenvalue weighted by Crippen LogP contribution is -2.47. The number of hydrogen-bond donors (Lipinski definition) is 1. The zero-order valence-corrected chi connectivity index (χ0v) is 26.3. The van der Waals surface area contributed by atoms with Gasteiger partial charge in [0.25, 0.3) is 0 Å². The maximum atomic E-state index is 12.3. The first-order valence-electron chi connectivity index (χ1n) is 15.3. The normalized spacial score (nSPS) is 16.5. The molecule has 1 aliphatic heterocycles. The van der Waals surface area contributed by atoms with Gasteiger partial charge in [0.05, 0.1) is 29.9 Å². The van der Waals surface area contributed by atoms with Gasteiger partial charge in [0.2, 0.25) is 0 Å². The number of methoxy groups -OCH3 is 1. The number of hydrogen-bond acceptors (Lipinski definition) is 8. The number of tetrazole rings is 1. The van der Waals surface area contributed by atoms with E-state index in [1.54, 1.807) is 0 Å². The SMILES string of the molecule is COC(=O)Cn1nnnc1C(CCCCB1OC(C)(C)C(C)(C)O1)NC(c1ccccc1)(c1ccccc1)c1ccccc1. The number of aromatic nitrogens is 4. The molecule has 0 amide bonds. The Kier molecular flexibility index (Phi) is 9.63. The van der Waals surface area contributed by atoms with Crippen molar-refractivity contribution in [3.8, 4) is 0 Å². The Bertz CT molecular complexity index is 1390. The van der Waals surface area contributed by atoms with Crippen LogP contribution in [0.4, 0.5) is 0 Å². The molecule has 1 aromatic heterocycles. The molecule has 3 aromatic carbocycles. The van der Waals surface area contributed by atoms with Crippen molar-refractivity contribution in [1.29, 1.82) is 0 Å². The molecule has 230 valence electrons. The number of benzene rings is 3. The van der Waals surface area contributed by atoms with Crippen molar-refractivity contribution in [3.05, 3.63) is 114 Å². The van der Waals surface area contributed by atoms with Gasteiger partial charge in [0.1, 0.15) is 6.54 Å². The molecule has 44 heavy (non-hydrogen) atoms. The highest BCUT2D eigenvalue weighted by molar-refractivity contribution is 6.45. The van der Waals surface area contributed by atoms with Gasteiger partial charge in [-0.2, -0.15) is 0 Å². The third-order valence-electron chi connectivity index (χ3n) is 8.87. The molecule has 10 heteroatoms. The van der Waals surface area contributed by atoms with E-state index in [2.05, 4.69) is 121 Å². The van der Waals surface area contributed by atoms with Crippen LogP contribution < -0.4 is 5.32 Å². The van der Waals surface area contributed by atoms with Crippen LogP contribution in [0.5, 0.6) is 0 Å². The van der Waals surface area contributed by atoms with Crippen molar-refractivity contribution in [2.45, 2.75) is 82.6 Å². The minimum atomic E-state index is -0.748. The summed E-state index contributed by atoms with van der Waals surface area (Å²) in [4.78, 5) is 12.3. The molecule has 1 N–H and O–H groups in total. The van der Waals surface area contributed by atoms with Crippen LogP contribution in [-0.4, -0.2) is 51.6 Å². The largest absolute Gasteiger partial charge is 0.468 e. The van der Waals surface area contributed by atoms with Gasteiger partial charge in [-0.3, -0.25) is 10.1 Å². The van der Waals surface area contributed by atoms with Crippen LogP contribution in [-0.2, 0) is 30.9 Å². The van der Waals surface area contributed by atoms with Gasteiger partial charge in [-0.25, -0.2) is 4.68 Å². The summed E-state index contributed by atoms with van der Waals surface area (Å²) in [5, 5.41) is 16.6. The van der Waals surface area contributed by atoms with Gasteiger partial charge < -0.3 is 14.0 Å². The molecule has 0 bridgehead atoms. The predicted molar refractivity (Wildman–Crippen MR) is 170 cm³/mol. The van der Waals surface area contributed by atoms with E-state index >= 15 is 0 Å². The van der Waals surface area contributed by atoms with Crippen LogP contribution in [0.15, 0.2) is 91.0 Å². The topological polar surface area (TPSA) is 100 Å². The van der Waals surface area contributed by atoms with Crippen LogP contribution in [0.25, 0.3) is 0 Å². The molecule has 0 saturated carbocycles. The van der Waals surface area contributed by atoms with Crippen molar-refractivity contribution in [2.24, 2.45) is 0 Å².